The van der Waals surface area contributed by atoms with Crippen LogP contribution in [0.25, 0.3) is 0 Å². The van der Waals surface area contributed by atoms with Crippen LogP contribution in [0.15, 0.2) is 18.5 Å². The third-order valence-corrected chi connectivity index (χ3v) is 3.67. The van der Waals surface area contributed by atoms with Crippen molar-refractivity contribution in [1.29, 1.82) is 0 Å². The Bertz CT molecular complexity index is 337. The molecule has 1 N–H and O–H groups in total. The molecule has 0 aromatic carbocycles. The molecule has 1 aliphatic rings. The highest BCUT2D eigenvalue weighted by Gasteiger charge is 2.30. The molecule has 0 amide bonds. The van der Waals surface area contributed by atoms with E-state index in [1.54, 1.807) is 0 Å². The molecule has 0 saturated carbocycles. The van der Waals surface area contributed by atoms with Gasteiger partial charge in [-0.15, -0.1) is 0 Å². The number of hydrogen-bond donors (Lipinski definition) is 1. The molecule has 18 heavy (non-hydrogen) atoms. The van der Waals surface area contributed by atoms with Crippen molar-refractivity contribution in [2.45, 2.75) is 45.9 Å². The van der Waals surface area contributed by atoms with Crippen LogP contribution in [0.3, 0.4) is 0 Å². The van der Waals surface area contributed by atoms with Crippen molar-refractivity contribution in [3.8, 4) is 0 Å². The second-order valence-corrected chi connectivity index (χ2v) is 5.67. The predicted octanol–water partition coefficient (Wildman–Crippen LogP) is 1.92. The van der Waals surface area contributed by atoms with Crippen LogP contribution in [0, 0.1) is 11.8 Å². The molecule has 0 aliphatic carbocycles. The molecular weight excluding hydrogens is 226 g/mol. The summed E-state index contributed by atoms with van der Waals surface area (Å²) in [5.41, 5.74) is 0. The zero-order chi connectivity index (χ0) is 13.0. The predicted molar refractivity (Wildman–Crippen MR) is 72.4 cm³/mol. The van der Waals surface area contributed by atoms with E-state index in [0.717, 1.165) is 19.7 Å². The first-order valence-corrected chi connectivity index (χ1v) is 6.99. The molecule has 1 aliphatic heterocycles. The van der Waals surface area contributed by atoms with Gasteiger partial charge in [0.15, 0.2) is 0 Å². The van der Waals surface area contributed by atoms with E-state index in [-0.39, 0.29) is 0 Å². The van der Waals surface area contributed by atoms with Gasteiger partial charge in [0.05, 0.1) is 12.6 Å². The fraction of sp³-hybridized carbons (Fsp3) is 0.786. The highest BCUT2D eigenvalue weighted by molar-refractivity contribution is 4.82. The van der Waals surface area contributed by atoms with Gasteiger partial charge in [-0.05, 0) is 31.2 Å². The first-order valence-electron chi connectivity index (χ1n) is 6.99. The third kappa shape index (κ3) is 3.56. The van der Waals surface area contributed by atoms with Crippen LogP contribution in [-0.4, -0.2) is 35.1 Å². The van der Waals surface area contributed by atoms with Gasteiger partial charge < -0.3 is 10.1 Å². The number of rotatable bonds is 6. The Hall–Kier alpha value is -0.870. The molecule has 1 saturated heterocycles. The summed E-state index contributed by atoms with van der Waals surface area (Å²) in [6.07, 6.45) is 5.44. The molecule has 1 aromatic heterocycles. The van der Waals surface area contributed by atoms with Gasteiger partial charge in [0.25, 0.3) is 0 Å². The molecule has 4 nitrogen and oxygen atoms in total. The summed E-state index contributed by atoms with van der Waals surface area (Å²) in [4.78, 5) is 0. The quantitative estimate of drug-likeness (QED) is 0.839. The SMILES string of the molecule is CC(Cn1cccn1)NC[C@H]1CCO[C@@H]1C(C)C. The van der Waals surface area contributed by atoms with Gasteiger partial charge in [-0.25, -0.2) is 0 Å². The Morgan fingerprint density at radius 3 is 2.94 bits per heavy atom. The van der Waals surface area contributed by atoms with E-state index in [4.69, 9.17) is 4.74 Å². The molecule has 1 fully saturated rings. The maximum absolute atomic E-state index is 5.81. The lowest BCUT2D eigenvalue weighted by Crippen LogP contribution is -2.38. The lowest BCUT2D eigenvalue weighted by molar-refractivity contribution is 0.0534. The summed E-state index contributed by atoms with van der Waals surface area (Å²) in [6, 6.07) is 2.41. The molecule has 0 spiro atoms. The van der Waals surface area contributed by atoms with Gasteiger partial charge in [-0.1, -0.05) is 13.8 Å². The highest BCUT2D eigenvalue weighted by atomic mass is 16.5. The third-order valence-electron chi connectivity index (χ3n) is 3.67. The van der Waals surface area contributed by atoms with Gasteiger partial charge in [0, 0.05) is 31.6 Å². The average molecular weight is 251 g/mol. The van der Waals surface area contributed by atoms with Gasteiger partial charge >= 0.3 is 0 Å². The van der Waals surface area contributed by atoms with E-state index in [1.807, 2.05) is 23.1 Å². The normalized spacial score (nSPS) is 25.8. The topological polar surface area (TPSA) is 39.1 Å². The van der Waals surface area contributed by atoms with Gasteiger partial charge in [0.2, 0.25) is 0 Å². The van der Waals surface area contributed by atoms with E-state index in [2.05, 4.69) is 31.2 Å². The van der Waals surface area contributed by atoms with Crippen molar-refractivity contribution in [1.82, 2.24) is 15.1 Å². The van der Waals surface area contributed by atoms with Crippen molar-refractivity contribution in [3.63, 3.8) is 0 Å². The number of nitrogens with one attached hydrogen (secondary N) is 1. The van der Waals surface area contributed by atoms with Crippen molar-refractivity contribution in [2.24, 2.45) is 11.8 Å². The molecular formula is C14H25N3O. The monoisotopic (exact) mass is 251 g/mol. The fourth-order valence-electron chi connectivity index (χ4n) is 2.72. The number of ether oxygens (including phenoxy) is 1. The van der Waals surface area contributed by atoms with Gasteiger partial charge in [-0.3, -0.25) is 4.68 Å². The smallest absolute Gasteiger partial charge is 0.0639 e. The molecule has 3 atom stereocenters. The zero-order valence-corrected chi connectivity index (χ0v) is 11.7. The number of hydrogen-bond acceptors (Lipinski definition) is 3. The first-order chi connectivity index (χ1) is 8.66. The van der Waals surface area contributed by atoms with Crippen LogP contribution in [0.4, 0.5) is 0 Å². The minimum atomic E-state index is 0.425. The van der Waals surface area contributed by atoms with Gasteiger partial charge in [-0.2, -0.15) is 5.10 Å². The van der Waals surface area contributed by atoms with Crippen LogP contribution in [0.5, 0.6) is 0 Å². The summed E-state index contributed by atoms with van der Waals surface area (Å²) in [7, 11) is 0. The van der Waals surface area contributed by atoms with Crippen LogP contribution in [-0.2, 0) is 11.3 Å². The maximum atomic E-state index is 5.81. The van der Waals surface area contributed by atoms with E-state index < -0.39 is 0 Å². The van der Waals surface area contributed by atoms with Crippen molar-refractivity contribution in [3.05, 3.63) is 18.5 Å². The number of aromatic nitrogens is 2. The van der Waals surface area contributed by atoms with Crippen LogP contribution in [0.2, 0.25) is 0 Å². The van der Waals surface area contributed by atoms with Crippen LogP contribution in [0.1, 0.15) is 27.2 Å². The number of nitrogens with zero attached hydrogens (tertiary/aromatic N) is 2. The average Bonchev–Trinajstić information content (AvgIpc) is 2.96. The summed E-state index contributed by atoms with van der Waals surface area (Å²) >= 11 is 0. The molecule has 102 valence electrons. The van der Waals surface area contributed by atoms with Crippen LogP contribution >= 0.6 is 0 Å². The van der Waals surface area contributed by atoms with Crippen molar-refractivity contribution < 1.29 is 4.74 Å². The lowest BCUT2D eigenvalue weighted by Gasteiger charge is -2.24. The molecule has 2 rings (SSSR count). The standard InChI is InChI=1S/C14H25N3O/c1-11(2)14-13(5-8-18-14)9-15-12(3)10-17-7-4-6-16-17/h4,6-7,11-15H,5,8-10H2,1-3H3/t12?,13-,14-/m1/s1. The Morgan fingerprint density at radius 2 is 2.28 bits per heavy atom. The van der Waals surface area contributed by atoms with E-state index in [0.29, 0.717) is 24.0 Å². The van der Waals surface area contributed by atoms with E-state index in [1.165, 1.54) is 6.42 Å². The molecule has 2 heterocycles. The second kappa shape index (κ2) is 6.34. The summed E-state index contributed by atoms with van der Waals surface area (Å²) in [5.74, 6) is 1.27. The summed E-state index contributed by atoms with van der Waals surface area (Å²) < 4.78 is 7.78. The largest absolute Gasteiger partial charge is 0.378 e. The van der Waals surface area contributed by atoms with E-state index in [9.17, 15) is 0 Å². The van der Waals surface area contributed by atoms with Crippen molar-refractivity contribution >= 4 is 0 Å². The zero-order valence-electron chi connectivity index (χ0n) is 11.7. The van der Waals surface area contributed by atoms with E-state index >= 15 is 0 Å². The molecule has 0 bridgehead atoms. The van der Waals surface area contributed by atoms with Gasteiger partial charge in [0.1, 0.15) is 0 Å². The minimum Gasteiger partial charge on any atom is -0.378 e. The molecule has 4 heteroatoms. The van der Waals surface area contributed by atoms with Crippen LogP contribution < -0.4 is 5.32 Å². The maximum Gasteiger partial charge on any atom is 0.0639 e. The summed E-state index contributed by atoms with van der Waals surface area (Å²) in [5, 5.41) is 7.84. The first kappa shape index (κ1) is 13.6. The highest BCUT2D eigenvalue weighted by Crippen LogP contribution is 2.26. The Labute approximate surface area is 110 Å². The molecule has 1 unspecified atom stereocenters. The Kier molecular flexibility index (Phi) is 4.78. The minimum absolute atomic E-state index is 0.425. The summed E-state index contributed by atoms with van der Waals surface area (Å²) in [6.45, 7) is 9.59. The second-order valence-electron chi connectivity index (χ2n) is 5.67. The molecule has 1 aromatic rings. The Morgan fingerprint density at radius 1 is 1.44 bits per heavy atom. The lowest BCUT2D eigenvalue weighted by atomic mass is 9.93. The molecule has 0 radical (unpaired) electrons. The van der Waals surface area contributed by atoms with Crippen molar-refractivity contribution in [2.75, 3.05) is 13.2 Å². The Balaban J connectivity index is 1.73. The fourth-order valence-corrected chi connectivity index (χ4v) is 2.72.